The minimum absolute atomic E-state index is 0.0479. The molecule has 1 aliphatic rings. The molecule has 2 rings (SSSR count). The minimum atomic E-state index is -3.07. The van der Waals surface area contributed by atoms with Crippen LogP contribution in [0.3, 0.4) is 0 Å². The van der Waals surface area contributed by atoms with Crippen molar-refractivity contribution < 1.29 is 8.42 Å². The minimum Gasteiger partial charge on any atom is -0.378 e. The second-order valence-electron chi connectivity index (χ2n) is 4.85. The van der Waals surface area contributed by atoms with Crippen molar-refractivity contribution in [3.05, 3.63) is 21.6 Å². The lowest BCUT2D eigenvalue weighted by atomic mass is 10.4. The van der Waals surface area contributed by atoms with E-state index in [4.69, 9.17) is 11.6 Å². The number of halogens is 1. The number of anilines is 1. The van der Waals surface area contributed by atoms with Gasteiger partial charge in [-0.1, -0.05) is 11.6 Å². The Morgan fingerprint density at radius 2 is 2.21 bits per heavy atom. The lowest BCUT2D eigenvalue weighted by molar-refractivity contribution is 0.534. The van der Waals surface area contributed by atoms with Crippen LogP contribution in [-0.2, 0) is 16.4 Å². The Morgan fingerprint density at radius 3 is 2.79 bits per heavy atom. The maximum absolute atomic E-state index is 12.1. The van der Waals surface area contributed by atoms with Crippen LogP contribution in [0.1, 0.15) is 12.8 Å². The molecule has 1 aromatic heterocycles. The van der Waals surface area contributed by atoms with Crippen molar-refractivity contribution >= 4 is 27.1 Å². The van der Waals surface area contributed by atoms with Gasteiger partial charge < -0.3 is 5.32 Å². The van der Waals surface area contributed by atoms with Crippen molar-refractivity contribution in [2.24, 2.45) is 5.92 Å². The molecule has 106 valence electrons. The van der Waals surface area contributed by atoms with Gasteiger partial charge in [0.2, 0.25) is 0 Å². The number of rotatable bonds is 6. The number of nitrogens with zero attached hydrogens (tertiary/aromatic N) is 2. The summed E-state index contributed by atoms with van der Waals surface area (Å²) in [6.07, 6.45) is 4.80. The molecule has 0 unspecified atom stereocenters. The zero-order valence-electron chi connectivity index (χ0n) is 10.6. The van der Waals surface area contributed by atoms with Crippen LogP contribution in [0.2, 0.25) is 5.02 Å². The van der Waals surface area contributed by atoms with Crippen LogP contribution in [0.5, 0.6) is 0 Å². The maximum Gasteiger partial charge on any atom is 0.291 e. The molecule has 1 fully saturated rings. The van der Waals surface area contributed by atoms with Gasteiger partial charge in [-0.15, -0.1) is 0 Å². The standard InChI is InChI=1S/C11H16ClN3O3S/c1-19(17,18)5-4-13-10-9(12)6-14-15(11(10)16)7-8-2-3-8/h6,8,13H,2-5,7H2,1H3. The number of sulfone groups is 1. The van der Waals surface area contributed by atoms with Gasteiger partial charge in [0.15, 0.2) is 0 Å². The van der Waals surface area contributed by atoms with Crippen LogP contribution in [0.4, 0.5) is 5.69 Å². The van der Waals surface area contributed by atoms with E-state index in [-0.39, 0.29) is 28.6 Å². The van der Waals surface area contributed by atoms with Crippen LogP contribution in [0, 0.1) is 5.92 Å². The monoisotopic (exact) mass is 305 g/mol. The average molecular weight is 306 g/mol. The van der Waals surface area contributed by atoms with Gasteiger partial charge in [-0.05, 0) is 18.8 Å². The molecule has 1 heterocycles. The summed E-state index contributed by atoms with van der Waals surface area (Å²) in [5.41, 5.74) is -0.0751. The van der Waals surface area contributed by atoms with Gasteiger partial charge in [0, 0.05) is 19.3 Å². The fourth-order valence-corrected chi connectivity index (χ4v) is 2.33. The van der Waals surface area contributed by atoms with E-state index < -0.39 is 9.84 Å². The number of hydrogen-bond donors (Lipinski definition) is 1. The Labute approximate surface area is 116 Å². The summed E-state index contributed by atoms with van der Waals surface area (Å²) < 4.78 is 23.5. The predicted octanol–water partition coefficient (Wildman–Crippen LogP) is 0.763. The van der Waals surface area contributed by atoms with E-state index in [1.54, 1.807) is 0 Å². The van der Waals surface area contributed by atoms with Crippen LogP contribution in [0.25, 0.3) is 0 Å². The molecule has 0 bridgehead atoms. The highest BCUT2D eigenvalue weighted by Crippen LogP contribution is 2.30. The van der Waals surface area contributed by atoms with Crippen LogP contribution < -0.4 is 10.9 Å². The molecule has 8 heteroatoms. The topological polar surface area (TPSA) is 81.1 Å². The fourth-order valence-electron chi connectivity index (χ4n) is 1.67. The number of aromatic nitrogens is 2. The highest BCUT2D eigenvalue weighted by Gasteiger charge is 2.23. The van der Waals surface area contributed by atoms with E-state index >= 15 is 0 Å². The summed E-state index contributed by atoms with van der Waals surface area (Å²) in [6.45, 7) is 0.748. The van der Waals surface area contributed by atoms with Crippen molar-refractivity contribution in [1.82, 2.24) is 9.78 Å². The van der Waals surface area contributed by atoms with E-state index in [9.17, 15) is 13.2 Å². The number of hydrogen-bond acceptors (Lipinski definition) is 5. The fraction of sp³-hybridized carbons (Fsp3) is 0.636. The van der Waals surface area contributed by atoms with E-state index in [1.807, 2.05) is 0 Å². The second-order valence-corrected chi connectivity index (χ2v) is 7.52. The second kappa shape index (κ2) is 5.50. The average Bonchev–Trinajstić information content (AvgIpc) is 3.09. The van der Waals surface area contributed by atoms with Gasteiger partial charge in [0.1, 0.15) is 15.5 Å². The molecule has 6 nitrogen and oxygen atoms in total. The molecule has 1 aliphatic carbocycles. The normalized spacial score (nSPS) is 15.5. The van der Waals surface area contributed by atoms with Gasteiger partial charge in [0.25, 0.3) is 5.56 Å². The Hall–Kier alpha value is -1.08. The molecule has 0 radical (unpaired) electrons. The molecule has 0 spiro atoms. The molecule has 0 aliphatic heterocycles. The first-order chi connectivity index (χ1) is 8.87. The third-order valence-corrected chi connectivity index (χ3v) is 4.13. The Morgan fingerprint density at radius 1 is 1.53 bits per heavy atom. The SMILES string of the molecule is CS(=O)(=O)CCNc1c(Cl)cnn(CC2CC2)c1=O. The molecule has 0 saturated heterocycles. The predicted molar refractivity (Wildman–Crippen MR) is 74.4 cm³/mol. The van der Waals surface area contributed by atoms with Gasteiger partial charge in [0.05, 0.1) is 17.0 Å². The Balaban J connectivity index is 2.11. The molecular weight excluding hydrogens is 290 g/mol. The van der Waals surface area contributed by atoms with Crippen molar-refractivity contribution in [2.45, 2.75) is 19.4 Å². The van der Waals surface area contributed by atoms with E-state index in [2.05, 4.69) is 10.4 Å². The molecule has 0 aromatic carbocycles. The molecule has 0 amide bonds. The molecule has 1 aromatic rings. The first kappa shape index (κ1) is 14.3. The van der Waals surface area contributed by atoms with E-state index in [0.717, 1.165) is 19.1 Å². The van der Waals surface area contributed by atoms with Crippen LogP contribution >= 0.6 is 11.6 Å². The third-order valence-electron chi connectivity index (χ3n) is 2.90. The van der Waals surface area contributed by atoms with Crippen LogP contribution in [-0.4, -0.2) is 36.8 Å². The van der Waals surface area contributed by atoms with Gasteiger partial charge in [-0.2, -0.15) is 5.10 Å². The van der Waals surface area contributed by atoms with Crippen molar-refractivity contribution in [1.29, 1.82) is 0 Å². The van der Waals surface area contributed by atoms with Crippen LogP contribution in [0.15, 0.2) is 11.0 Å². The molecular formula is C11H16ClN3O3S. The lowest BCUT2D eigenvalue weighted by Gasteiger charge is -2.09. The van der Waals surface area contributed by atoms with Gasteiger partial charge in [-0.3, -0.25) is 4.79 Å². The first-order valence-corrected chi connectivity index (χ1v) is 8.48. The van der Waals surface area contributed by atoms with Gasteiger partial charge >= 0.3 is 0 Å². The Kier molecular flexibility index (Phi) is 4.15. The summed E-state index contributed by atoms with van der Waals surface area (Å²) in [4.78, 5) is 12.1. The van der Waals surface area contributed by atoms with Crippen molar-refractivity contribution in [3.63, 3.8) is 0 Å². The Bertz CT molecular complexity index is 623. The zero-order valence-corrected chi connectivity index (χ0v) is 12.2. The lowest BCUT2D eigenvalue weighted by Crippen LogP contribution is -2.28. The summed E-state index contributed by atoms with van der Waals surface area (Å²) in [6, 6.07) is 0. The van der Waals surface area contributed by atoms with E-state index in [1.165, 1.54) is 10.9 Å². The quantitative estimate of drug-likeness (QED) is 0.839. The summed E-state index contributed by atoms with van der Waals surface area (Å²) >= 11 is 5.92. The van der Waals surface area contributed by atoms with Crippen molar-refractivity contribution in [2.75, 3.05) is 23.9 Å². The first-order valence-electron chi connectivity index (χ1n) is 6.04. The largest absolute Gasteiger partial charge is 0.378 e. The number of nitrogens with one attached hydrogen (secondary N) is 1. The molecule has 0 atom stereocenters. The maximum atomic E-state index is 12.1. The summed E-state index contributed by atoms with van der Waals surface area (Å²) in [5, 5.41) is 6.99. The summed E-state index contributed by atoms with van der Waals surface area (Å²) in [7, 11) is -3.07. The van der Waals surface area contributed by atoms with Gasteiger partial charge in [-0.25, -0.2) is 13.1 Å². The van der Waals surface area contributed by atoms with Crippen molar-refractivity contribution in [3.8, 4) is 0 Å². The highest BCUT2D eigenvalue weighted by atomic mass is 35.5. The highest BCUT2D eigenvalue weighted by molar-refractivity contribution is 7.90. The summed E-state index contributed by atoms with van der Waals surface area (Å²) in [5.74, 6) is 0.475. The third kappa shape index (κ3) is 4.21. The molecule has 1 N–H and O–H groups in total. The molecule has 1 saturated carbocycles. The molecule has 19 heavy (non-hydrogen) atoms. The van der Waals surface area contributed by atoms with E-state index in [0.29, 0.717) is 12.5 Å². The zero-order chi connectivity index (χ0) is 14.0. The smallest absolute Gasteiger partial charge is 0.291 e.